The van der Waals surface area contributed by atoms with Crippen molar-refractivity contribution in [2.45, 2.75) is 31.0 Å². The average molecular weight is 281 g/mol. The van der Waals surface area contributed by atoms with Crippen LogP contribution < -0.4 is 4.74 Å². The number of nitrogens with zero attached hydrogens (tertiary/aromatic N) is 1. The van der Waals surface area contributed by atoms with Gasteiger partial charge in [0.25, 0.3) is 0 Å². The van der Waals surface area contributed by atoms with E-state index in [4.69, 9.17) is 9.84 Å². The smallest absolute Gasteiger partial charge is 0.407 e. The zero-order valence-corrected chi connectivity index (χ0v) is 10.9. The van der Waals surface area contributed by atoms with Crippen molar-refractivity contribution in [3.05, 3.63) is 29.6 Å². The summed E-state index contributed by atoms with van der Waals surface area (Å²) in [5.41, 5.74) is -0.346. The van der Waals surface area contributed by atoms with E-state index in [9.17, 15) is 14.3 Å². The van der Waals surface area contributed by atoms with Crippen molar-refractivity contribution in [2.75, 3.05) is 13.1 Å². The number of para-hydroxylation sites is 1. The summed E-state index contributed by atoms with van der Waals surface area (Å²) in [6, 6.07) is 4.74. The summed E-state index contributed by atoms with van der Waals surface area (Å²) in [7, 11) is 0. The second kappa shape index (κ2) is 4.63. The number of halogens is 1. The molecule has 0 radical (unpaired) electrons. The summed E-state index contributed by atoms with van der Waals surface area (Å²) >= 11 is 0. The molecule has 1 saturated heterocycles. The Morgan fingerprint density at radius 1 is 1.40 bits per heavy atom. The number of likely N-dealkylation sites (tertiary alicyclic amines) is 1. The van der Waals surface area contributed by atoms with Gasteiger partial charge in [-0.05, 0) is 18.9 Å². The van der Waals surface area contributed by atoms with Gasteiger partial charge in [-0.25, -0.2) is 9.18 Å². The topological polar surface area (TPSA) is 70.0 Å². The van der Waals surface area contributed by atoms with Gasteiger partial charge < -0.3 is 19.8 Å². The highest BCUT2D eigenvalue weighted by atomic mass is 19.1. The Labute approximate surface area is 115 Å². The maximum Gasteiger partial charge on any atom is 0.407 e. The van der Waals surface area contributed by atoms with E-state index in [2.05, 4.69) is 0 Å². The molecule has 2 heterocycles. The quantitative estimate of drug-likeness (QED) is 0.821. The summed E-state index contributed by atoms with van der Waals surface area (Å²) < 4.78 is 19.2. The van der Waals surface area contributed by atoms with Crippen molar-refractivity contribution in [3.8, 4) is 5.75 Å². The first-order valence-corrected chi connectivity index (χ1v) is 6.64. The lowest BCUT2D eigenvalue weighted by molar-refractivity contribution is -0.0877. The van der Waals surface area contributed by atoms with Crippen LogP contribution in [0.5, 0.6) is 5.75 Å². The number of carbonyl (C=O) groups is 1. The summed E-state index contributed by atoms with van der Waals surface area (Å²) in [4.78, 5) is 12.1. The minimum Gasteiger partial charge on any atom is -0.484 e. The van der Waals surface area contributed by atoms with Crippen LogP contribution in [0, 0.1) is 5.82 Å². The molecule has 0 bridgehead atoms. The van der Waals surface area contributed by atoms with Crippen molar-refractivity contribution in [3.63, 3.8) is 0 Å². The molecule has 0 aromatic heterocycles. The van der Waals surface area contributed by atoms with Crippen molar-refractivity contribution in [1.29, 1.82) is 0 Å². The lowest BCUT2D eigenvalue weighted by Gasteiger charge is -2.40. The van der Waals surface area contributed by atoms with Gasteiger partial charge in [-0.3, -0.25) is 0 Å². The summed E-state index contributed by atoms with van der Waals surface area (Å²) in [6.45, 7) is 0.537. The fourth-order valence-corrected chi connectivity index (χ4v) is 2.94. The van der Waals surface area contributed by atoms with Gasteiger partial charge in [0, 0.05) is 25.1 Å². The van der Waals surface area contributed by atoms with Crippen LogP contribution in [-0.2, 0) is 6.42 Å². The Bertz CT molecular complexity index is 540. The van der Waals surface area contributed by atoms with Crippen molar-refractivity contribution in [2.24, 2.45) is 0 Å². The Kier molecular flexibility index (Phi) is 3.05. The van der Waals surface area contributed by atoms with Gasteiger partial charge in [0.15, 0.2) is 11.6 Å². The van der Waals surface area contributed by atoms with Crippen LogP contribution in [-0.4, -0.2) is 46.0 Å². The SMILES string of the molecule is O=C(O)N1CCC(O)(C2Cc3cccc(F)c3O2)CC1. The van der Waals surface area contributed by atoms with Crippen LogP contribution in [0.2, 0.25) is 0 Å². The number of rotatable bonds is 1. The number of benzene rings is 1. The predicted molar refractivity (Wildman–Crippen MR) is 68.3 cm³/mol. The van der Waals surface area contributed by atoms with Crippen LogP contribution in [0.1, 0.15) is 18.4 Å². The molecular formula is C14H16FNO4. The molecule has 1 fully saturated rings. The van der Waals surface area contributed by atoms with E-state index < -0.39 is 23.6 Å². The number of amides is 1. The van der Waals surface area contributed by atoms with Crippen molar-refractivity contribution in [1.82, 2.24) is 4.90 Å². The van der Waals surface area contributed by atoms with Crippen LogP contribution in [0.25, 0.3) is 0 Å². The Morgan fingerprint density at radius 3 is 2.70 bits per heavy atom. The number of hydrogen-bond acceptors (Lipinski definition) is 3. The highest BCUT2D eigenvalue weighted by Gasteiger charge is 2.45. The molecule has 1 aromatic rings. The van der Waals surface area contributed by atoms with Gasteiger partial charge >= 0.3 is 6.09 Å². The molecule has 2 aliphatic rings. The molecule has 5 nitrogen and oxygen atoms in total. The molecule has 20 heavy (non-hydrogen) atoms. The fourth-order valence-electron chi connectivity index (χ4n) is 2.94. The summed E-state index contributed by atoms with van der Waals surface area (Å²) in [5.74, 6) is -0.205. The fraction of sp³-hybridized carbons (Fsp3) is 0.500. The van der Waals surface area contributed by atoms with Crippen LogP contribution in [0.3, 0.4) is 0 Å². The molecule has 0 spiro atoms. The van der Waals surface area contributed by atoms with E-state index in [0.29, 0.717) is 19.3 Å². The third kappa shape index (κ3) is 2.10. The average Bonchev–Trinajstić information content (AvgIpc) is 2.85. The number of ether oxygens (including phenoxy) is 1. The maximum atomic E-state index is 13.6. The van der Waals surface area contributed by atoms with E-state index >= 15 is 0 Å². The molecule has 108 valence electrons. The van der Waals surface area contributed by atoms with Gasteiger partial charge in [-0.1, -0.05) is 12.1 Å². The first-order chi connectivity index (χ1) is 9.49. The maximum absolute atomic E-state index is 13.6. The van der Waals surface area contributed by atoms with Gasteiger partial charge in [-0.15, -0.1) is 0 Å². The standard InChI is InChI=1S/C14H16FNO4/c15-10-3-1-2-9-8-11(20-12(9)10)14(19)4-6-16(7-5-14)13(17)18/h1-3,11,19H,4-8H2,(H,17,18). The number of piperidine rings is 1. The predicted octanol–water partition coefficient (Wildman–Crippen LogP) is 1.63. The molecule has 0 saturated carbocycles. The first kappa shape index (κ1) is 13.2. The zero-order chi connectivity index (χ0) is 14.3. The molecule has 2 N–H and O–H groups in total. The lowest BCUT2D eigenvalue weighted by atomic mass is 9.84. The van der Waals surface area contributed by atoms with Crippen molar-refractivity contribution >= 4 is 6.09 Å². The molecule has 1 amide bonds. The highest BCUT2D eigenvalue weighted by molar-refractivity contribution is 5.65. The van der Waals surface area contributed by atoms with E-state index in [1.54, 1.807) is 12.1 Å². The van der Waals surface area contributed by atoms with Gasteiger partial charge in [0.2, 0.25) is 0 Å². The normalized spacial score (nSPS) is 24.1. The van der Waals surface area contributed by atoms with E-state index in [1.165, 1.54) is 11.0 Å². The molecule has 0 aliphatic carbocycles. The summed E-state index contributed by atoms with van der Waals surface area (Å²) in [5, 5.41) is 19.6. The third-order valence-electron chi connectivity index (χ3n) is 4.21. The molecule has 3 rings (SSSR count). The first-order valence-electron chi connectivity index (χ1n) is 6.64. The number of aliphatic hydroxyl groups is 1. The molecule has 1 atom stereocenters. The van der Waals surface area contributed by atoms with Crippen molar-refractivity contribution < 1.29 is 24.1 Å². The van der Waals surface area contributed by atoms with Gasteiger partial charge in [-0.2, -0.15) is 0 Å². The Balaban J connectivity index is 1.73. The molecule has 6 heteroatoms. The molecular weight excluding hydrogens is 265 g/mol. The largest absolute Gasteiger partial charge is 0.484 e. The van der Waals surface area contributed by atoms with Gasteiger partial charge in [0.1, 0.15) is 11.7 Å². The Hall–Kier alpha value is -1.82. The second-order valence-electron chi connectivity index (χ2n) is 5.41. The third-order valence-corrected chi connectivity index (χ3v) is 4.21. The lowest BCUT2D eigenvalue weighted by Crippen LogP contribution is -2.54. The zero-order valence-electron chi connectivity index (χ0n) is 10.9. The minimum atomic E-state index is -1.10. The monoisotopic (exact) mass is 281 g/mol. The molecule has 1 aromatic carbocycles. The number of fused-ring (bicyclic) bond motifs is 1. The summed E-state index contributed by atoms with van der Waals surface area (Å²) in [6.07, 6.45) is -0.422. The Morgan fingerprint density at radius 2 is 2.10 bits per heavy atom. The molecule has 1 unspecified atom stereocenters. The van der Waals surface area contributed by atoms with Crippen LogP contribution >= 0.6 is 0 Å². The van der Waals surface area contributed by atoms with Crippen LogP contribution in [0.4, 0.5) is 9.18 Å². The van der Waals surface area contributed by atoms with Crippen LogP contribution in [0.15, 0.2) is 18.2 Å². The number of hydrogen-bond donors (Lipinski definition) is 2. The minimum absolute atomic E-state index is 0.214. The van der Waals surface area contributed by atoms with E-state index in [1.807, 2.05) is 0 Å². The number of carboxylic acid groups (broad SMARTS) is 1. The molecule has 2 aliphatic heterocycles. The highest BCUT2D eigenvalue weighted by Crippen LogP contribution is 2.38. The van der Waals surface area contributed by atoms with E-state index in [0.717, 1.165) is 5.56 Å². The van der Waals surface area contributed by atoms with E-state index in [-0.39, 0.29) is 18.8 Å². The second-order valence-corrected chi connectivity index (χ2v) is 5.41. The van der Waals surface area contributed by atoms with Gasteiger partial charge in [0.05, 0.1) is 0 Å².